The molecule has 20 heavy (non-hydrogen) atoms. The van der Waals surface area contributed by atoms with E-state index in [-0.39, 0.29) is 11.7 Å². The predicted octanol–water partition coefficient (Wildman–Crippen LogP) is 1.58. The Morgan fingerprint density at radius 2 is 2.40 bits per heavy atom. The van der Waals surface area contributed by atoms with Crippen LogP contribution < -0.4 is 4.74 Å². The Balaban J connectivity index is 2.00. The van der Waals surface area contributed by atoms with Crippen LogP contribution in [0.4, 0.5) is 4.79 Å². The molecule has 8 heteroatoms. The van der Waals surface area contributed by atoms with E-state index in [0.717, 1.165) is 16.6 Å². The summed E-state index contributed by atoms with van der Waals surface area (Å²) in [5.74, 6) is 0.405. The smallest absolute Gasteiger partial charge is 0.218 e. The van der Waals surface area contributed by atoms with Gasteiger partial charge in [0.05, 0.1) is 23.5 Å². The van der Waals surface area contributed by atoms with Crippen molar-refractivity contribution in [2.24, 2.45) is 0 Å². The maximum absolute atomic E-state index is 11.2. The Morgan fingerprint density at radius 1 is 1.60 bits per heavy atom. The summed E-state index contributed by atoms with van der Waals surface area (Å²) in [5, 5.41) is 4.20. The molecule has 0 bridgehead atoms. The zero-order valence-corrected chi connectivity index (χ0v) is 12.5. The lowest BCUT2D eigenvalue weighted by molar-refractivity contribution is 0.231. The van der Waals surface area contributed by atoms with Crippen molar-refractivity contribution in [3.63, 3.8) is 0 Å². The second-order valence-electron chi connectivity index (χ2n) is 4.72. The molecule has 0 aliphatic carbocycles. The molecule has 1 atom stereocenters. The molecule has 1 amide bonds. The lowest BCUT2D eigenvalue weighted by Gasteiger charge is -2.15. The number of fused-ring (bicyclic) bond motifs is 1. The van der Waals surface area contributed by atoms with E-state index in [1.807, 2.05) is 6.07 Å². The van der Waals surface area contributed by atoms with Gasteiger partial charge in [-0.1, -0.05) is 0 Å². The van der Waals surface area contributed by atoms with Gasteiger partial charge in [0.15, 0.2) is 11.5 Å². The predicted molar refractivity (Wildman–Crippen MR) is 77.3 cm³/mol. The van der Waals surface area contributed by atoms with Gasteiger partial charge in [-0.2, -0.15) is 9.61 Å². The van der Waals surface area contributed by atoms with Crippen LogP contribution in [0.2, 0.25) is 0 Å². The average Bonchev–Trinajstić information content (AvgIpc) is 3.05. The zero-order valence-electron chi connectivity index (χ0n) is 10.9. The first-order valence-corrected chi connectivity index (χ1v) is 7.02. The maximum Gasteiger partial charge on any atom is 0.218 e. The van der Waals surface area contributed by atoms with Crippen molar-refractivity contribution in [2.75, 3.05) is 20.2 Å². The number of nitrogens with zero attached hydrogens (tertiary/aromatic N) is 4. The third-order valence-electron chi connectivity index (χ3n) is 3.54. The summed E-state index contributed by atoms with van der Waals surface area (Å²) in [6.45, 7) is 1.25. The first-order chi connectivity index (χ1) is 9.60. The minimum absolute atomic E-state index is 0.170. The SMILES string of the molecule is [B]C(=O)N1CCC(c2cc(OC)n3ncc(Br)c3n2)C1. The number of hydrogen-bond donors (Lipinski definition) is 0. The number of methoxy groups -OCH3 is 1. The fourth-order valence-corrected chi connectivity index (χ4v) is 2.83. The molecule has 102 valence electrons. The van der Waals surface area contributed by atoms with Crippen LogP contribution in [0.1, 0.15) is 18.0 Å². The van der Waals surface area contributed by atoms with E-state index in [2.05, 4.69) is 26.0 Å². The molecule has 0 spiro atoms. The van der Waals surface area contributed by atoms with Gasteiger partial charge in [0.2, 0.25) is 13.7 Å². The quantitative estimate of drug-likeness (QED) is 0.782. The highest BCUT2D eigenvalue weighted by Crippen LogP contribution is 2.30. The van der Waals surface area contributed by atoms with Crippen molar-refractivity contribution in [1.82, 2.24) is 19.5 Å². The number of amides is 1. The highest BCUT2D eigenvalue weighted by atomic mass is 79.9. The van der Waals surface area contributed by atoms with Gasteiger partial charge in [-0.3, -0.25) is 4.79 Å². The number of rotatable bonds is 2. The van der Waals surface area contributed by atoms with Crippen molar-refractivity contribution in [3.05, 3.63) is 22.4 Å². The van der Waals surface area contributed by atoms with Crippen molar-refractivity contribution in [3.8, 4) is 5.88 Å². The molecule has 3 rings (SSSR count). The van der Waals surface area contributed by atoms with Crippen LogP contribution in [0, 0.1) is 0 Å². The van der Waals surface area contributed by atoms with Crippen LogP contribution in [0.15, 0.2) is 16.7 Å². The topological polar surface area (TPSA) is 59.7 Å². The summed E-state index contributed by atoms with van der Waals surface area (Å²) in [7, 11) is 6.91. The molecule has 1 saturated heterocycles. The largest absolute Gasteiger partial charge is 0.481 e. The van der Waals surface area contributed by atoms with Crippen LogP contribution in [0.25, 0.3) is 5.65 Å². The average molecular weight is 335 g/mol. The van der Waals surface area contributed by atoms with Crippen LogP contribution in [0.5, 0.6) is 5.88 Å². The van der Waals surface area contributed by atoms with E-state index in [4.69, 9.17) is 12.6 Å². The van der Waals surface area contributed by atoms with Crippen LogP contribution >= 0.6 is 15.9 Å². The van der Waals surface area contributed by atoms with Crippen molar-refractivity contribution >= 4 is 35.2 Å². The third-order valence-corrected chi connectivity index (χ3v) is 4.10. The molecule has 1 fully saturated rings. The van der Waals surface area contributed by atoms with E-state index < -0.39 is 0 Å². The molecular formula is C12H12BBrN4O2. The van der Waals surface area contributed by atoms with E-state index >= 15 is 0 Å². The number of carbonyl (C=O) groups excluding carboxylic acids is 1. The first-order valence-electron chi connectivity index (χ1n) is 6.22. The summed E-state index contributed by atoms with van der Waals surface area (Å²) < 4.78 is 7.79. The number of ether oxygens (including phenoxy) is 1. The highest BCUT2D eigenvalue weighted by molar-refractivity contribution is 9.10. The minimum atomic E-state index is -0.383. The van der Waals surface area contributed by atoms with Crippen molar-refractivity contribution < 1.29 is 9.53 Å². The Bertz CT molecular complexity index is 675. The van der Waals surface area contributed by atoms with Gasteiger partial charge in [0.1, 0.15) is 0 Å². The van der Waals surface area contributed by atoms with E-state index in [9.17, 15) is 4.79 Å². The standard InChI is InChI=1S/C12H12BBrN4O2/c1-20-10-4-9(7-2-3-17(6-7)12(13)19)16-11-8(14)5-15-18(10)11/h4-5,7H,2-3,6H2,1H3. The summed E-state index contributed by atoms with van der Waals surface area (Å²) in [6, 6.07) is 1.86. The van der Waals surface area contributed by atoms with Gasteiger partial charge in [0, 0.05) is 25.1 Å². The summed E-state index contributed by atoms with van der Waals surface area (Å²) in [6.07, 6.45) is 2.53. The van der Waals surface area contributed by atoms with E-state index in [0.29, 0.717) is 24.6 Å². The van der Waals surface area contributed by atoms with Crippen LogP contribution in [-0.2, 0) is 0 Å². The normalized spacial score (nSPS) is 18.7. The van der Waals surface area contributed by atoms with Gasteiger partial charge in [-0.15, -0.1) is 0 Å². The van der Waals surface area contributed by atoms with Gasteiger partial charge in [-0.25, -0.2) is 4.98 Å². The molecule has 1 aliphatic rings. The number of halogens is 1. The lowest BCUT2D eigenvalue weighted by atomic mass is 10.0. The number of hydrogen-bond acceptors (Lipinski definition) is 4. The van der Waals surface area contributed by atoms with E-state index in [1.165, 1.54) is 0 Å². The van der Waals surface area contributed by atoms with Gasteiger partial charge >= 0.3 is 0 Å². The number of carbonyl (C=O) groups is 1. The van der Waals surface area contributed by atoms with Gasteiger partial charge < -0.3 is 9.64 Å². The fraction of sp³-hybridized carbons (Fsp3) is 0.417. The Kier molecular flexibility index (Phi) is 3.41. The number of likely N-dealkylation sites (tertiary alicyclic amines) is 1. The second kappa shape index (κ2) is 5.08. The molecule has 1 unspecified atom stereocenters. The molecule has 1 aliphatic heterocycles. The monoisotopic (exact) mass is 334 g/mol. The van der Waals surface area contributed by atoms with Gasteiger partial charge in [0.25, 0.3) is 0 Å². The first kappa shape index (κ1) is 13.4. The summed E-state index contributed by atoms with van der Waals surface area (Å²) >= 11 is 3.42. The Labute approximate surface area is 125 Å². The second-order valence-corrected chi connectivity index (χ2v) is 5.58. The van der Waals surface area contributed by atoms with Crippen LogP contribution in [0.3, 0.4) is 0 Å². The molecule has 3 heterocycles. The van der Waals surface area contributed by atoms with Crippen LogP contribution in [-0.4, -0.2) is 53.4 Å². The molecule has 0 N–H and O–H groups in total. The van der Waals surface area contributed by atoms with E-state index in [1.54, 1.807) is 22.7 Å². The maximum atomic E-state index is 11.2. The summed E-state index contributed by atoms with van der Waals surface area (Å²) in [4.78, 5) is 17.5. The van der Waals surface area contributed by atoms with Crippen molar-refractivity contribution in [1.29, 1.82) is 0 Å². The highest BCUT2D eigenvalue weighted by Gasteiger charge is 2.27. The summed E-state index contributed by atoms with van der Waals surface area (Å²) in [5.41, 5.74) is 1.59. The number of aromatic nitrogens is 3. The minimum Gasteiger partial charge on any atom is -0.481 e. The molecule has 0 aromatic carbocycles. The fourth-order valence-electron chi connectivity index (χ4n) is 2.48. The zero-order chi connectivity index (χ0) is 14.3. The Morgan fingerprint density at radius 3 is 3.05 bits per heavy atom. The molecule has 2 aromatic heterocycles. The lowest BCUT2D eigenvalue weighted by Crippen LogP contribution is -2.27. The Hall–Kier alpha value is -1.57. The van der Waals surface area contributed by atoms with Gasteiger partial charge in [-0.05, 0) is 22.4 Å². The molecule has 2 radical (unpaired) electrons. The molecule has 6 nitrogen and oxygen atoms in total. The molecule has 2 aromatic rings. The third kappa shape index (κ3) is 2.17. The molecule has 0 saturated carbocycles. The van der Waals surface area contributed by atoms with Crippen molar-refractivity contribution in [2.45, 2.75) is 12.3 Å². The molecular weight excluding hydrogens is 323 g/mol.